The van der Waals surface area contributed by atoms with Crippen molar-refractivity contribution in [1.29, 1.82) is 0 Å². The van der Waals surface area contributed by atoms with Gasteiger partial charge in [-0.05, 0) is 25.3 Å². The normalized spacial score (nSPS) is 24.9. The van der Waals surface area contributed by atoms with Gasteiger partial charge in [0, 0.05) is 13.1 Å². The zero-order chi connectivity index (χ0) is 11.7. The van der Waals surface area contributed by atoms with Crippen molar-refractivity contribution < 1.29 is 14.6 Å². The molecule has 0 amide bonds. The molecule has 4 heteroatoms. The molecule has 1 rings (SSSR count). The molecule has 15 heavy (non-hydrogen) atoms. The molecule has 0 spiro atoms. The van der Waals surface area contributed by atoms with Crippen molar-refractivity contribution >= 4 is 5.97 Å². The van der Waals surface area contributed by atoms with E-state index in [2.05, 4.69) is 23.5 Å². The molecule has 0 aromatic carbocycles. The number of carbonyl (C=O) groups excluding carboxylic acids is 1. The molecule has 1 unspecified atom stereocenters. The third kappa shape index (κ3) is 3.18. The number of nitrogens with zero attached hydrogens (tertiary/aromatic N) is 1. The van der Waals surface area contributed by atoms with Crippen molar-refractivity contribution in [3.8, 4) is 0 Å². The molecule has 1 aliphatic heterocycles. The third-order valence-corrected chi connectivity index (χ3v) is 2.91. The molecular formula is C11H21NO3. The topological polar surface area (TPSA) is 49.8 Å². The predicted octanol–water partition coefficient (Wildman–Crippen LogP) is 0.642. The smallest absolute Gasteiger partial charge is 0.338 e. The van der Waals surface area contributed by atoms with Gasteiger partial charge in [0.1, 0.15) is 0 Å². The summed E-state index contributed by atoms with van der Waals surface area (Å²) in [5.41, 5.74) is -1.11. The van der Waals surface area contributed by atoms with E-state index in [4.69, 9.17) is 0 Å². The van der Waals surface area contributed by atoms with E-state index in [1.54, 1.807) is 0 Å². The Morgan fingerprint density at radius 3 is 2.60 bits per heavy atom. The summed E-state index contributed by atoms with van der Waals surface area (Å²) in [7, 11) is 1.30. The highest BCUT2D eigenvalue weighted by molar-refractivity contribution is 5.78. The number of β-amino-alcohol motifs (C(OH)–C–C–N with tert-alkyl or cyclic N) is 1. The molecule has 1 atom stereocenters. The SMILES string of the molecule is COC(=O)C(C)(O)CN1CCC(C)(C)C1. The van der Waals surface area contributed by atoms with Gasteiger partial charge >= 0.3 is 5.97 Å². The fraction of sp³-hybridized carbons (Fsp3) is 0.909. The van der Waals surface area contributed by atoms with Gasteiger partial charge in [-0.1, -0.05) is 13.8 Å². The monoisotopic (exact) mass is 215 g/mol. The summed E-state index contributed by atoms with van der Waals surface area (Å²) in [6.07, 6.45) is 1.10. The van der Waals surface area contributed by atoms with E-state index in [0.29, 0.717) is 6.54 Å². The highest BCUT2D eigenvalue weighted by Crippen LogP contribution is 2.29. The molecule has 1 aliphatic rings. The molecule has 4 nitrogen and oxygen atoms in total. The van der Waals surface area contributed by atoms with Crippen LogP contribution in [0, 0.1) is 5.41 Å². The van der Waals surface area contributed by atoms with Gasteiger partial charge in [-0.2, -0.15) is 0 Å². The van der Waals surface area contributed by atoms with Gasteiger partial charge in [0.25, 0.3) is 0 Å². The van der Waals surface area contributed by atoms with E-state index in [1.165, 1.54) is 14.0 Å². The fourth-order valence-electron chi connectivity index (χ4n) is 2.08. The summed E-state index contributed by atoms with van der Waals surface area (Å²) in [4.78, 5) is 13.4. The van der Waals surface area contributed by atoms with E-state index < -0.39 is 11.6 Å². The number of methoxy groups -OCH3 is 1. The molecule has 0 bridgehead atoms. The van der Waals surface area contributed by atoms with Gasteiger partial charge in [-0.25, -0.2) is 4.79 Å². The number of ether oxygens (including phenoxy) is 1. The van der Waals surface area contributed by atoms with Crippen LogP contribution >= 0.6 is 0 Å². The number of aliphatic hydroxyl groups is 1. The molecule has 1 fully saturated rings. The van der Waals surface area contributed by atoms with Crippen LogP contribution in [0.3, 0.4) is 0 Å². The Kier molecular flexibility index (Phi) is 3.41. The summed E-state index contributed by atoms with van der Waals surface area (Å²) in [5.74, 6) is -0.563. The van der Waals surface area contributed by atoms with Crippen molar-refractivity contribution in [3.05, 3.63) is 0 Å². The number of esters is 1. The van der Waals surface area contributed by atoms with Crippen LogP contribution in [0.25, 0.3) is 0 Å². The van der Waals surface area contributed by atoms with Gasteiger partial charge in [-0.3, -0.25) is 4.90 Å². The van der Waals surface area contributed by atoms with Gasteiger partial charge in [0.15, 0.2) is 5.60 Å². The maximum Gasteiger partial charge on any atom is 0.338 e. The fourth-order valence-corrected chi connectivity index (χ4v) is 2.08. The minimum Gasteiger partial charge on any atom is -0.467 e. The molecule has 0 aromatic rings. The predicted molar refractivity (Wildman–Crippen MR) is 57.5 cm³/mol. The van der Waals surface area contributed by atoms with Crippen LogP contribution in [-0.2, 0) is 9.53 Å². The Hall–Kier alpha value is -0.610. The van der Waals surface area contributed by atoms with Crippen LogP contribution < -0.4 is 0 Å². The zero-order valence-electron chi connectivity index (χ0n) is 10.0. The third-order valence-electron chi connectivity index (χ3n) is 2.91. The van der Waals surface area contributed by atoms with E-state index in [0.717, 1.165) is 19.5 Å². The van der Waals surface area contributed by atoms with Crippen LogP contribution in [0.5, 0.6) is 0 Å². The molecular weight excluding hydrogens is 194 g/mol. The first-order valence-corrected chi connectivity index (χ1v) is 5.30. The van der Waals surface area contributed by atoms with Gasteiger partial charge in [0.2, 0.25) is 0 Å². The highest BCUT2D eigenvalue weighted by atomic mass is 16.5. The van der Waals surface area contributed by atoms with Crippen LogP contribution in [0.2, 0.25) is 0 Å². The second-order valence-electron chi connectivity index (χ2n) is 5.39. The average molecular weight is 215 g/mol. The first kappa shape index (κ1) is 12.5. The Bertz CT molecular complexity index is 248. The summed E-state index contributed by atoms with van der Waals surface area (Å²) in [6, 6.07) is 0. The van der Waals surface area contributed by atoms with E-state index in [1.807, 2.05) is 0 Å². The Morgan fingerprint density at radius 1 is 1.60 bits per heavy atom. The summed E-state index contributed by atoms with van der Waals surface area (Å²) >= 11 is 0. The van der Waals surface area contributed by atoms with Gasteiger partial charge < -0.3 is 9.84 Å². The molecule has 0 saturated carbocycles. The second kappa shape index (κ2) is 4.10. The van der Waals surface area contributed by atoms with Crippen LogP contribution in [0.1, 0.15) is 27.2 Å². The van der Waals surface area contributed by atoms with Crippen molar-refractivity contribution in [3.63, 3.8) is 0 Å². The maximum absolute atomic E-state index is 11.3. The first-order valence-electron chi connectivity index (χ1n) is 5.30. The number of hydrogen-bond donors (Lipinski definition) is 1. The van der Waals surface area contributed by atoms with E-state index in [9.17, 15) is 9.90 Å². The minimum absolute atomic E-state index is 0.284. The number of hydrogen-bond acceptors (Lipinski definition) is 4. The number of rotatable bonds is 3. The molecule has 0 aliphatic carbocycles. The summed E-state index contributed by atoms with van der Waals surface area (Å²) < 4.78 is 4.56. The molecule has 88 valence electrons. The van der Waals surface area contributed by atoms with Crippen LogP contribution in [-0.4, -0.2) is 48.3 Å². The zero-order valence-corrected chi connectivity index (χ0v) is 10.0. The first-order chi connectivity index (χ1) is 6.77. The van der Waals surface area contributed by atoms with Crippen molar-refractivity contribution in [1.82, 2.24) is 4.90 Å². The van der Waals surface area contributed by atoms with Gasteiger partial charge in [-0.15, -0.1) is 0 Å². The van der Waals surface area contributed by atoms with Gasteiger partial charge in [0.05, 0.1) is 7.11 Å². The van der Waals surface area contributed by atoms with Crippen molar-refractivity contribution in [2.45, 2.75) is 32.8 Å². The Morgan fingerprint density at radius 2 is 2.20 bits per heavy atom. The standard InChI is InChI=1S/C11H21NO3/c1-10(2)5-6-12(7-10)8-11(3,14)9(13)15-4/h14H,5-8H2,1-4H3. The molecule has 0 aromatic heterocycles. The highest BCUT2D eigenvalue weighted by Gasteiger charge is 2.38. The molecule has 1 saturated heterocycles. The Labute approximate surface area is 91.2 Å². The molecule has 0 radical (unpaired) electrons. The number of likely N-dealkylation sites (tertiary alicyclic amines) is 1. The van der Waals surface area contributed by atoms with Crippen LogP contribution in [0.4, 0.5) is 0 Å². The summed E-state index contributed by atoms with van der Waals surface area (Å²) in [5, 5.41) is 9.90. The molecule has 1 heterocycles. The second-order valence-corrected chi connectivity index (χ2v) is 5.39. The quantitative estimate of drug-likeness (QED) is 0.702. The summed E-state index contributed by atoms with van der Waals surface area (Å²) in [6.45, 7) is 8.09. The van der Waals surface area contributed by atoms with E-state index in [-0.39, 0.29) is 5.41 Å². The average Bonchev–Trinajstić information content (AvgIpc) is 2.43. The van der Waals surface area contributed by atoms with Crippen molar-refractivity contribution in [2.24, 2.45) is 5.41 Å². The lowest BCUT2D eigenvalue weighted by Gasteiger charge is -2.27. The lowest BCUT2D eigenvalue weighted by Crippen LogP contribution is -2.47. The largest absolute Gasteiger partial charge is 0.467 e. The lowest BCUT2D eigenvalue weighted by molar-refractivity contribution is -0.162. The minimum atomic E-state index is -1.39. The Balaban J connectivity index is 2.52. The molecule has 1 N–H and O–H groups in total. The van der Waals surface area contributed by atoms with Crippen molar-refractivity contribution in [2.75, 3.05) is 26.7 Å². The number of carbonyl (C=O) groups is 1. The van der Waals surface area contributed by atoms with E-state index >= 15 is 0 Å². The van der Waals surface area contributed by atoms with Crippen LogP contribution in [0.15, 0.2) is 0 Å². The lowest BCUT2D eigenvalue weighted by atomic mass is 9.93. The maximum atomic E-state index is 11.3.